The van der Waals surface area contributed by atoms with Crippen molar-refractivity contribution >= 4 is 22.8 Å². The Morgan fingerprint density at radius 3 is 0.805 bits per heavy atom. The maximum atomic E-state index is 5.56. The number of para-hydroxylation sites is 2. The molecule has 0 atom stereocenters. The number of unbranched alkanes of at least 4 members (excludes halogenated alkanes) is 42. The molecular weight excluding hydrogens is 976 g/mol. The molecule has 0 saturated heterocycles. The van der Waals surface area contributed by atoms with Gasteiger partial charge >= 0.3 is 0 Å². The van der Waals surface area contributed by atoms with Crippen molar-refractivity contribution in [3.63, 3.8) is 0 Å². The van der Waals surface area contributed by atoms with Gasteiger partial charge in [0.1, 0.15) is 0 Å². The van der Waals surface area contributed by atoms with Crippen molar-refractivity contribution in [1.82, 2.24) is 0 Å². The second-order valence-corrected chi connectivity index (χ2v) is 23.6. The summed E-state index contributed by atoms with van der Waals surface area (Å²) in [5.41, 5.74) is 7.44. The molecule has 0 aromatic heterocycles. The Labute approximate surface area is 492 Å². The fourth-order valence-electron chi connectivity index (χ4n) is 11.2. The summed E-state index contributed by atoms with van der Waals surface area (Å²) < 4.78 is 0. The van der Waals surface area contributed by atoms with Crippen LogP contribution in [0.25, 0.3) is 0 Å². The number of aliphatic imine (C=N–C) groups is 2. The minimum atomic E-state index is 0. The second-order valence-electron chi connectivity index (χ2n) is 23.6. The quantitative estimate of drug-likeness (QED) is 0.0273. The van der Waals surface area contributed by atoms with Gasteiger partial charge in [0.05, 0.1) is 22.8 Å². The van der Waals surface area contributed by atoms with Gasteiger partial charge in [0.15, 0.2) is 0 Å². The fourth-order valence-corrected chi connectivity index (χ4v) is 11.2. The first-order chi connectivity index (χ1) is 37.7. The number of aryl methyl sites for hydroxylation is 2. The largest absolute Gasteiger partial charge is 0.251 e. The molecule has 2 aromatic rings. The molecule has 0 N–H and O–H groups in total. The molecule has 0 fully saturated rings. The van der Waals surface area contributed by atoms with Gasteiger partial charge in [0.2, 0.25) is 0 Å². The van der Waals surface area contributed by atoms with E-state index in [0.29, 0.717) is 0 Å². The van der Waals surface area contributed by atoms with E-state index in [2.05, 4.69) is 101 Å². The van der Waals surface area contributed by atoms with Crippen LogP contribution in [-0.2, 0) is 29.3 Å². The van der Waals surface area contributed by atoms with E-state index in [-0.39, 0.29) is 16.5 Å². The molecule has 77 heavy (non-hydrogen) atoms. The maximum Gasteiger partial charge on any atom is 0.0665 e. The minimum absolute atomic E-state index is 0. The van der Waals surface area contributed by atoms with E-state index in [9.17, 15) is 0 Å². The Morgan fingerprint density at radius 2 is 0.506 bits per heavy atom. The number of nitrogens with zero attached hydrogens (tertiary/aromatic N) is 2. The van der Waals surface area contributed by atoms with Crippen LogP contribution in [0.2, 0.25) is 0 Å². The summed E-state index contributed by atoms with van der Waals surface area (Å²) in [5.74, 6) is 0. The molecule has 0 amide bonds. The van der Waals surface area contributed by atoms with Crippen LogP contribution in [0.15, 0.2) is 82.8 Å². The van der Waals surface area contributed by atoms with Crippen LogP contribution in [-0.4, -0.2) is 11.4 Å². The van der Waals surface area contributed by atoms with Gasteiger partial charge in [-0.25, -0.2) is 0 Å². The first-order valence-electron chi connectivity index (χ1n) is 34.3. The SMILES string of the molecule is CCCCCCCCCCCCCCCCCCCCCC=CCCc1ccccc1N=C(CCCC)C(CCCCCC)=Nc1ccccc1CCC=CCCCCCCCCCCCCCCCCCCCCC.[Ni]. The Bertz CT molecular complexity index is 1650. The molecule has 0 spiro atoms. The Balaban J connectivity index is 0.0000296. The van der Waals surface area contributed by atoms with E-state index in [1.54, 1.807) is 0 Å². The Kier molecular flexibility index (Phi) is 55.2. The van der Waals surface area contributed by atoms with E-state index in [1.165, 1.54) is 305 Å². The zero-order valence-corrected chi connectivity index (χ0v) is 52.9. The molecule has 0 aliphatic carbocycles. The molecule has 0 aliphatic heterocycles. The molecule has 0 bridgehead atoms. The molecule has 3 heteroatoms. The van der Waals surface area contributed by atoms with Crippen LogP contribution in [0.5, 0.6) is 0 Å². The fraction of sp³-hybridized carbons (Fsp3) is 0.757. The average molecular weight is 1100 g/mol. The summed E-state index contributed by atoms with van der Waals surface area (Å²) in [6, 6.07) is 17.9. The first-order valence-corrected chi connectivity index (χ1v) is 34.3. The van der Waals surface area contributed by atoms with Gasteiger partial charge in [-0.1, -0.05) is 345 Å². The van der Waals surface area contributed by atoms with Gasteiger partial charge < -0.3 is 0 Å². The monoisotopic (exact) mass is 1100 g/mol. The molecule has 0 unspecified atom stereocenters. The van der Waals surface area contributed by atoms with Crippen molar-refractivity contribution in [1.29, 1.82) is 0 Å². The standard InChI is InChI=1S/C74H128N2.Ni/c1-5-9-13-16-18-20-22-24-26-28-30-32-34-36-38-40-42-44-46-48-50-52-54-61-69-63-57-59-66-71(69)75-73(65-12-8-4)74(68-56-15-11-7-3)76-72-67-60-58-64-70(72)62-55-53-51-49-47-45-43-41-39-37-35-33-31-29-27-25-23-21-19-17-14-10-6-2;/h50-53,57-60,63-64,66-67H,5-49,54-56,61-62,65,68H2,1-4H3;. The van der Waals surface area contributed by atoms with E-state index in [0.717, 1.165) is 62.7 Å². The second kappa shape index (κ2) is 58.4. The van der Waals surface area contributed by atoms with E-state index in [4.69, 9.17) is 9.98 Å². The van der Waals surface area contributed by atoms with Crippen LogP contribution in [0, 0.1) is 0 Å². The van der Waals surface area contributed by atoms with E-state index in [1.807, 2.05) is 0 Å². The van der Waals surface area contributed by atoms with Crippen LogP contribution in [0.3, 0.4) is 0 Å². The summed E-state index contributed by atoms with van der Waals surface area (Å²) in [6.45, 7) is 9.24. The summed E-state index contributed by atoms with van der Waals surface area (Å²) in [6.07, 6.45) is 80.3. The average Bonchev–Trinajstić information content (AvgIpc) is 3.44. The summed E-state index contributed by atoms with van der Waals surface area (Å²) in [4.78, 5) is 11.1. The molecule has 0 radical (unpaired) electrons. The normalized spacial score (nSPS) is 12.2. The molecule has 0 saturated carbocycles. The zero-order chi connectivity index (χ0) is 54.1. The van der Waals surface area contributed by atoms with Gasteiger partial charge in [0.25, 0.3) is 0 Å². The predicted molar refractivity (Wildman–Crippen MR) is 346 cm³/mol. The summed E-state index contributed by atoms with van der Waals surface area (Å²) >= 11 is 0. The van der Waals surface area contributed by atoms with Crippen molar-refractivity contribution in [3.8, 4) is 0 Å². The number of hydrogen-bond acceptors (Lipinski definition) is 2. The molecular formula is C74H128N2Ni. The topological polar surface area (TPSA) is 24.7 Å². The van der Waals surface area contributed by atoms with Crippen molar-refractivity contribution in [2.24, 2.45) is 9.98 Å². The van der Waals surface area contributed by atoms with E-state index >= 15 is 0 Å². The van der Waals surface area contributed by atoms with Crippen molar-refractivity contribution in [2.45, 2.75) is 362 Å². The van der Waals surface area contributed by atoms with E-state index < -0.39 is 0 Å². The minimum Gasteiger partial charge on any atom is -0.251 e. The third-order valence-corrected chi connectivity index (χ3v) is 16.3. The third kappa shape index (κ3) is 45.1. The molecule has 2 rings (SSSR count). The summed E-state index contributed by atoms with van der Waals surface area (Å²) in [5, 5.41) is 0. The Morgan fingerprint density at radius 1 is 0.273 bits per heavy atom. The van der Waals surface area contributed by atoms with Gasteiger partial charge in [-0.3, -0.25) is 9.98 Å². The third-order valence-electron chi connectivity index (χ3n) is 16.3. The Hall–Kier alpha value is -2.25. The van der Waals surface area contributed by atoms with Crippen molar-refractivity contribution in [3.05, 3.63) is 84.0 Å². The predicted octanol–water partition coefficient (Wildman–Crippen LogP) is 26.3. The number of allylic oxidation sites excluding steroid dienone is 4. The molecule has 0 aliphatic rings. The summed E-state index contributed by atoms with van der Waals surface area (Å²) in [7, 11) is 0. The van der Waals surface area contributed by atoms with Gasteiger partial charge in [-0.05, 0) is 100 Å². The number of hydrogen-bond donors (Lipinski definition) is 0. The number of benzene rings is 2. The molecule has 2 aromatic carbocycles. The molecule has 2 nitrogen and oxygen atoms in total. The van der Waals surface area contributed by atoms with Crippen molar-refractivity contribution < 1.29 is 16.5 Å². The number of rotatable bonds is 57. The zero-order valence-electron chi connectivity index (χ0n) is 51.9. The van der Waals surface area contributed by atoms with Crippen molar-refractivity contribution in [2.75, 3.05) is 0 Å². The van der Waals surface area contributed by atoms with Crippen LogP contribution in [0.4, 0.5) is 11.4 Å². The van der Waals surface area contributed by atoms with Gasteiger partial charge in [-0.15, -0.1) is 0 Å². The smallest absolute Gasteiger partial charge is 0.0665 e. The van der Waals surface area contributed by atoms with Gasteiger partial charge in [-0.2, -0.15) is 0 Å². The maximum absolute atomic E-state index is 5.56. The molecule has 0 heterocycles. The van der Waals surface area contributed by atoms with Crippen LogP contribution < -0.4 is 0 Å². The van der Waals surface area contributed by atoms with Crippen LogP contribution >= 0.6 is 0 Å². The van der Waals surface area contributed by atoms with Crippen LogP contribution in [0.1, 0.15) is 360 Å². The first kappa shape index (κ1) is 72.8. The molecule has 444 valence electrons. The van der Waals surface area contributed by atoms with Gasteiger partial charge in [0, 0.05) is 16.5 Å².